The summed E-state index contributed by atoms with van der Waals surface area (Å²) in [4.78, 5) is 1.29. The Balaban J connectivity index is 2.77. The van der Waals surface area contributed by atoms with Crippen LogP contribution in [0.15, 0.2) is 17.3 Å². The van der Waals surface area contributed by atoms with Crippen molar-refractivity contribution in [2.45, 2.75) is 11.4 Å². The van der Waals surface area contributed by atoms with E-state index in [9.17, 15) is 0 Å². The lowest BCUT2D eigenvalue weighted by Crippen LogP contribution is -2.01. The molecule has 0 fully saturated rings. The molecule has 1 aromatic heterocycles. The van der Waals surface area contributed by atoms with Gasteiger partial charge in [-0.25, -0.2) is 10.0 Å². The Morgan fingerprint density at radius 2 is 2.17 bits per heavy atom. The van der Waals surface area contributed by atoms with Gasteiger partial charge in [0, 0.05) is 11.1 Å². The molecule has 3 nitrogen and oxygen atoms in total. The Morgan fingerprint density at radius 1 is 1.50 bits per heavy atom. The van der Waals surface area contributed by atoms with E-state index in [1.165, 1.54) is 4.90 Å². The molecule has 0 spiro atoms. The first-order chi connectivity index (χ1) is 5.54. The normalized spacial score (nSPS) is 13.3. The molecule has 0 amide bonds. The summed E-state index contributed by atoms with van der Waals surface area (Å²) in [5.41, 5.74) is 0. The monoisotopic (exact) mass is 188 g/mol. The third-order valence-corrected chi connectivity index (χ3v) is 3.27. The molecule has 0 unspecified atom stereocenters. The van der Waals surface area contributed by atoms with E-state index in [-0.39, 0.29) is 6.61 Å². The van der Waals surface area contributed by atoms with Crippen LogP contribution < -0.4 is 0 Å². The molecular formula is C8H16N2OS. The second-order valence-electron chi connectivity index (χ2n) is 3.50. The van der Waals surface area contributed by atoms with Crippen LogP contribution in [0.4, 0.5) is 0 Å². The first-order valence-corrected chi connectivity index (χ1v) is 6.71. The summed E-state index contributed by atoms with van der Waals surface area (Å²) in [7, 11) is -0.665. The Hall–Kier alpha value is -0.480. The molecule has 0 saturated carbocycles. The molecule has 1 heterocycles. The van der Waals surface area contributed by atoms with Crippen molar-refractivity contribution in [2.75, 3.05) is 25.4 Å². The van der Waals surface area contributed by atoms with Crippen LogP contribution in [0.3, 0.4) is 0 Å². The Bertz CT molecular complexity index is 252. The van der Waals surface area contributed by atoms with Gasteiger partial charge in [-0.15, -0.1) is 0 Å². The van der Waals surface area contributed by atoms with E-state index in [1.807, 2.05) is 12.4 Å². The van der Waals surface area contributed by atoms with E-state index in [2.05, 4.69) is 23.9 Å². The lowest BCUT2D eigenvalue weighted by molar-refractivity contribution is 0.269. The van der Waals surface area contributed by atoms with Gasteiger partial charge in [-0.05, 0) is 18.8 Å². The molecule has 0 aliphatic carbocycles. The molecule has 0 aromatic carbocycles. The summed E-state index contributed by atoms with van der Waals surface area (Å²) in [6.07, 6.45) is 10.6. The first-order valence-electron chi connectivity index (χ1n) is 3.86. The van der Waals surface area contributed by atoms with Crippen LogP contribution in [0, 0.1) is 0 Å². The summed E-state index contributed by atoms with van der Waals surface area (Å²) in [6, 6.07) is 0. The first kappa shape index (κ1) is 9.61. The minimum absolute atomic E-state index is 0.153. The summed E-state index contributed by atoms with van der Waals surface area (Å²) >= 11 is 0. The molecule has 0 aliphatic heterocycles. The predicted octanol–water partition coefficient (Wildman–Crippen LogP) is 0.928. The van der Waals surface area contributed by atoms with Gasteiger partial charge in [0.1, 0.15) is 0 Å². The summed E-state index contributed by atoms with van der Waals surface area (Å²) < 4.78 is 1.79. The Labute approximate surface area is 74.7 Å². The lowest BCUT2D eigenvalue weighted by atomic mass is 10.7. The van der Waals surface area contributed by atoms with Crippen molar-refractivity contribution in [2.24, 2.45) is 0 Å². The molecule has 70 valence electrons. The van der Waals surface area contributed by atoms with Crippen LogP contribution >= 0.6 is 10.0 Å². The van der Waals surface area contributed by atoms with Crippen LogP contribution in [0.2, 0.25) is 0 Å². The van der Waals surface area contributed by atoms with Gasteiger partial charge in [0.15, 0.2) is 0 Å². The van der Waals surface area contributed by atoms with Gasteiger partial charge in [-0.2, -0.15) is 5.10 Å². The van der Waals surface area contributed by atoms with Gasteiger partial charge in [-0.1, -0.05) is 0 Å². The van der Waals surface area contributed by atoms with E-state index in [0.717, 1.165) is 0 Å². The zero-order chi connectivity index (χ0) is 9.19. The minimum Gasteiger partial charge on any atom is -0.394 e. The van der Waals surface area contributed by atoms with Gasteiger partial charge in [0.05, 0.1) is 19.3 Å². The quantitative estimate of drug-likeness (QED) is 0.766. The maximum absolute atomic E-state index is 8.68. The topological polar surface area (TPSA) is 38.0 Å². The Kier molecular flexibility index (Phi) is 2.80. The van der Waals surface area contributed by atoms with Crippen molar-refractivity contribution in [3.05, 3.63) is 12.4 Å². The number of hydrogen-bond acceptors (Lipinski definition) is 2. The van der Waals surface area contributed by atoms with Gasteiger partial charge in [0.2, 0.25) is 0 Å². The van der Waals surface area contributed by atoms with Crippen LogP contribution in [0.5, 0.6) is 0 Å². The highest BCUT2D eigenvalue weighted by atomic mass is 32.3. The zero-order valence-electron chi connectivity index (χ0n) is 7.82. The predicted molar refractivity (Wildman–Crippen MR) is 52.9 cm³/mol. The fourth-order valence-corrected chi connectivity index (χ4v) is 1.69. The van der Waals surface area contributed by atoms with Gasteiger partial charge >= 0.3 is 0 Å². The number of aliphatic hydroxyl groups is 1. The maximum atomic E-state index is 8.68. The third-order valence-electron chi connectivity index (χ3n) is 1.65. The van der Waals surface area contributed by atoms with Crippen molar-refractivity contribution < 1.29 is 5.11 Å². The van der Waals surface area contributed by atoms with Crippen LogP contribution in [0.1, 0.15) is 0 Å². The fraction of sp³-hybridized carbons (Fsp3) is 0.625. The van der Waals surface area contributed by atoms with Crippen molar-refractivity contribution in [1.29, 1.82) is 0 Å². The van der Waals surface area contributed by atoms with Crippen molar-refractivity contribution >= 4 is 10.0 Å². The summed E-state index contributed by atoms with van der Waals surface area (Å²) in [6.45, 7) is 0.746. The number of nitrogens with zero attached hydrogens (tertiary/aromatic N) is 2. The smallest absolute Gasteiger partial charge is 0.0641 e. The maximum Gasteiger partial charge on any atom is 0.0641 e. The highest BCUT2D eigenvalue weighted by Gasteiger charge is 2.09. The van der Waals surface area contributed by atoms with Crippen LogP contribution in [0.25, 0.3) is 0 Å². The van der Waals surface area contributed by atoms with E-state index < -0.39 is 10.0 Å². The van der Waals surface area contributed by atoms with Crippen molar-refractivity contribution in [3.8, 4) is 0 Å². The molecule has 4 heteroatoms. The molecule has 0 saturated heterocycles. The molecule has 0 bridgehead atoms. The SMILES string of the molecule is CS(C)(C)c1cnn(CCO)c1. The largest absolute Gasteiger partial charge is 0.394 e. The molecule has 0 radical (unpaired) electrons. The molecule has 12 heavy (non-hydrogen) atoms. The number of aromatic nitrogens is 2. The molecular weight excluding hydrogens is 172 g/mol. The van der Waals surface area contributed by atoms with E-state index in [4.69, 9.17) is 5.11 Å². The molecule has 0 atom stereocenters. The van der Waals surface area contributed by atoms with E-state index >= 15 is 0 Å². The highest BCUT2D eigenvalue weighted by molar-refractivity contribution is 8.32. The van der Waals surface area contributed by atoms with Crippen LogP contribution in [-0.2, 0) is 6.54 Å². The average Bonchev–Trinajstić information content (AvgIpc) is 2.35. The molecule has 1 rings (SSSR count). The number of aliphatic hydroxyl groups excluding tert-OH is 1. The average molecular weight is 188 g/mol. The number of hydrogen-bond donors (Lipinski definition) is 1. The standard InChI is InChI=1S/C8H16N2OS/c1-12(2,3)8-6-9-10(7-8)4-5-11/h6-7,11H,4-5H2,1-3H3. The van der Waals surface area contributed by atoms with Gasteiger partial charge in [0.25, 0.3) is 0 Å². The summed E-state index contributed by atoms with van der Waals surface area (Å²) in [5, 5.41) is 12.8. The lowest BCUT2D eigenvalue weighted by Gasteiger charge is -2.22. The van der Waals surface area contributed by atoms with Gasteiger partial charge in [-0.3, -0.25) is 4.68 Å². The van der Waals surface area contributed by atoms with Gasteiger partial charge < -0.3 is 5.11 Å². The van der Waals surface area contributed by atoms with E-state index in [0.29, 0.717) is 6.54 Å². The van der Waals surface area contributed by atoms with E-state index in [1.54, 1.807) is 4.68 Å². The number of rotatable bonds is 3. The Morgan fingerprint density at radius 3 is 2.58 bits per heavy atom. The third kappa shape index (κ3) is 2.25. The molecule has 0 aliphatic rings. The summed E-state index contributed by atoms with van der Waals surface area (Å²) in [5.74, 6) is 0. The molecule has 1 aromatic rings. The minimum atomic E-state index is -0.665. The second kappa shape index (κ2) is 3.49. The highest BCUT2D eigenvalue weighted by Crippen LogP contribution is 2.44. The van der Waals surface area contributed by atoms with Crippen LogP contribution in [-0.4, -0.2) is 40.3 Å². The van der Waals surface area contributed by atoms with Crippen molar-refractivity contribution in [1.82, 2.24) is 9.78 Å². The second-order valence-corrected chi connectivity index (χ2v) is 7.65. The zero-order valence-corrected chi connectivity index (χ0v) is 8.64. The van der Waals surface area contributed by atoms with Crippen molar-refractivity contribution in [3.63, 3.8) is 0 Å². The fourth-order valence-electron chi connectivity index (χ4n) is 0.886. The molecule has 1 N–H and O–H groups in total.